The molecule has 1 aliphatic carbocycles. The van der Waals surface area contributed by atoms with E-state index in [1.54, 1.807) is 6.08 Å². The van der Waals surface area contributed by atoms with E-state index >= 15 is 0 Å². The van der Waals surface area contributed by atoms with Crippen LogP contribution in [-0.4, -0.2) is 10.7 Å². The van der Waals surface area contributed by atoms with Gasteiger partial charge in [0.15, 0.2) is 0 Å². The van der Waals surface area contributed by atoms with Crippen molar-refractivity contribution in [2.75, 3.05) is 0 Å². The molecule has 0 aromatic heterocycles. The fourth-order valence-corrected chi connectivity index (χ4v) is 2.82. The molecule has 0 aliphatic heterocycles. The van der Waals surface area contributed by atoms with Crippen molar-refractivity contribution in [3.63, 3.8) is 0 Å². The van der Waals surface area contributed by atoms with E-state index in [9.17, 15) is 5.11 Å². The van der Waals surface area contributed by atoms with Crippen molar-refractivity contribution < 1.29 is 5.11 Å². The molecular weight excluding hydrogens is 232 g/mol. The van der Waals surface area contributed by atoms with Crippen LogP contribution in [0.3, 0.4) is 0 Å². The molecule has 0 bridgehead atoms. The highest BCUT2D eigenvalue weighted by atomic mass is 16.3. The maximum Gasteiger partial charge on any atom is 0.132 e. The van der Waals surface area contributed by atoms with Gasteiger partial charge < -0.3 is 5.11 Å². The Kier molecular flexibility index (Phi) is 4.82. The van der Waals surface area contributed by atoms with E-state index < -0.39 is 5.60 Å². The molecule has 0 spiro atoms. The summed E-state index contributed by atoms with van der Waals surface area (Å²) >= 11 is 0. The van der Waals surface area contributed by atoms with Gasteiger partial charge in [0.2, 0.25) is 0 Å². The Bertz CT molecular complexity index is 459. The fraction of sp³-hybridized carbons (Fsp3) is 0.444. The summed E-state index contributed by atoms with van der Waals surface area (Å²) in [7, 11) is 0. The lowest BCUT2D eigenvalue weighted by Gasteiger charge is -2.34. The van der Waals surface area contributed by atoms with Gasteiger partial charge in [0.25, 0.3) is 0 Å². The van der Waals surface area contributed by atoms with Crippen molar-refractivity contribution in [2.24, 2.45) is 5.92 Å². The van der Waals surface area contributed by atoms with Gasteiger partial charge in [-0.3, -0.25) is 0 Å². The standard InChI is InChI=1S/C18H22O/c1-2-14-18(19,17-11-7-4-8-12-17)15-13-16-9-5-3-6-10-16/h2-3,5-6,9-10,17,19H,1,4,7-8,11-12,14H2/t18-/m0/s1. The molecule has 2 rings (SSSR count). The summed E-state index contributed by atoms with van der Waals surface area (Å²) in [5.41, 5.74) is 0.0543. The van der Waals surface area contributed by atoms with Crippen LogP contribution in [-0.2, 0) is 0 Å². The van der Waals surface area contributed by atoms with E-state index in [1.807, 2.05) is 30.3 Å². The highest BCUT2D eigenvalue weighted by Crippen LogP contribution is 2.34. The zero-order valence-electron chi connectivity index (χ0n) is 11.4. The number of hydrogen-bond donors (Lipinski definition) is 1. The van der Waals surface area contributed by atoms with Gasteiger partial charge in [-0.15, -0.1) is 6.58 Å². The molecule has 1 heteroatoms. The molecule has 0 unspecified atom stereocenters. The fourth-order valence-electron chi connectivity index (χ4n) is 2.82. The average molecular weight is 254 g/mol. The van der Waals surface area contributed by atoms with E-state index in [0.29, 0.717) is 6.42 Å². The van der Waals surface area contributed by atoms with Gasteiger partial charge in [-0.1, -0.05) is 55.4 Å². The van der Waals surface area contributed by atoms with Crippen LogP contribution in [0.15, 0.2) is 43.0 Å². The van der Waals surface area contributed by atoms with Crippen molar-refractivity contribution in [3.05, 3.63) is 48.6 Å². The first-order chi connectivity index (χ1) is 9.24. The molecule has 100 valence electrons. The van der Waals surface area contributed by atoms with Crippen LogP contribution >= 0.6 is 0 Å². The summed E-state index contributed by atoms with van der Waals surface area (Å²) in [6.07, 6.45) is 8.19. The first-order valence-electron chi connectivity index (χ1n) is 7.16. The van der Waals surface area contributed by atoms with Gasteiger partial charge in [0, 0.05) is 12.0 Å². The van der Waals surface area contributed by atoms with Crippen molar-refractivity contribution in [1.29, 1.82) is 0 Å². The highest BCUT2D eigenvalue weighted by molar-refractivity contribution is 5.36. The second kappa shape index (κ2) is 6.59. The lowest BCUT2D eigenvalue weighted by Crippen LogP contribution is -2.37. The topological polar surface area (TPSA) is 20.2 Å². The summed E-state index contributed by atoms with van der Waals surface area (Å²) in [4.78, 5) is 0. The van der Waals surface area contributed by atoms with Crippen LogP contribution < -0.4 is 0 Å². The summed E-state index contributed by atoms with van der Waals surface area (Å²) < 4.78 is 0. The van der Waals surface area contributed by atoms with Crippen LogP contribution in [0.1, 0.15) is 44.1 Å². The Balaban J connectivity index is 2.19. The SMILES string of the molecule is C=CC[C@](O)(C#Cc1ccccc1)C1CCCCC1. The van der Waals surface area contributed by atoms with Gasteiger partial charge in [0.05, 0.1) is 0 Å². The third-order valence-corrected chi connectivity index (χ3v) is 3.93. The Hall–Kier alpha value is -1.52. The largest absolute Gasteiger partial charge is 0.377 e. The number of aliphatic hydroxyl groups is 1. The molecule has 1 aromatic carbocycles. The van der Waals surface area contributed by atoms with Gasteiger partial charge in [-0.05, 0) is 30.9 Å². The van der Waals surface area contributed by atoms with E-state index in [-0.39, 0.29) is 5.92 Å². The summed E-state index contributed by atoms with van der Waals surface area (Å²) in [6.45, 7) is 3.77. The van der Waals surface area contributed by atoms with E-state index in [1.165, 1.54) is 19.3 Å². The zero-order valence-corrected chi connectivity index (χ0v) is 11.4. The molecule has 1 aliphatic rings. The lowest BCUT2D eigenvalue weighted by atomic mass is 9.75. The lowest BCUT2D eigenvalue weighted by molar-refractivity contribution is 0.0225. The predicted molar refractivity (Wildman–Crippen MR) is 79.7 cm³/mol. The molecule has 0 radical (unpaired) electrons. The van der Waals surface area contributed by atoms with Crippen molar-refractivity contribution >= 4 is 0 Å². The van der Waals surface area contributed by atoms with Crippen LogP contribution in [0.4, 0.5) is 0 Å². The molecule has 1 fully saturated rings. The monoisotopic (exact) mass is 254 g/mol. The molecule has 1 nitrogen and oxygen atoms in total. The summed E-state index contributed by atoms with van der Waals surface area (Å²) in [6, 6.07) is 9.86. The Morgan fingerprint density at radius 1 is 1.21 bits per heavy atom. The van der Waals surface area contributed by atoms with Crippen molar-refractivity contribution in [2.45, 2.75) is 44.1 Å². The van der Waals surface area contributed by atoms with Gasteiger partial charge in [0.1, 0.15) is 5.60 Å². The van der Waals surface area contributed by atoms with Crippen LogP contribution in [0, 0.1) is 17.8 Å². The molecule has 1 N–H and O–H groups in total. The van der Waals surface area contributed by atoms with Crippen LogP contribution in [0.5, 0.6) is 0 Å². The summed E-state index contributed by atoms with van der Waals surface area (Å²) in [5.74, 6) is 6.52. The number of rotatable bonds is 3. The maximum atomic E-state index is 10.9. The molecule has 0 saturated heterocycles. The molecule has 0 heterocycles. The van der Waals surface area contributed by atoms with Gasteiger partial charge in [-0.25, -0.2) is 0 Å². The van der Waals surface area contributed by atoms with Crippen molar-refractivity contribution in [3.8, 4) is 11.8 Å². The normalized spacial score (nSPS) is 19.0. The van der Waals surface area contributed by atoms with Crippen LogP contribution in [0.25, 0.3) is 0 Å². The molecule has 1 atom stereocenters. The second-order valence-electron chi connectivity index (χ2n) is 5.37. The average Bonchev–Trinajstić information content (AvgIpc) is 2.48. The third kappa shape index (κ3) is 3.72. The van der Waals surface area contributed by atoms with Crippen molar-refractivity contribution in [1.82, 2.24) is 0 Å². The first-order valence-corrected chi connectivity index (χ1v) is 7.16. The summed E-state index contributed by atoms with van der Waals surface area (Å²) in [5, 5.41) is 10.9. The Morgan fingerprint density at radius 3 is 2.53 bits per heavy atom. The molecule has 19 heavy (non-hydrogen) atoms. The number of benzene rings is 1. The molecule has 1 aromatic rings. The van der Waals surface area contributed by atoms with E-state index in [2.05, 4.69) is 18.4 Å². The van der Waals surface area contributed by atoms with Crippen LogP contribution in [0.2, 0.25) is 0 Å². The minimum Gasteiger partial charge on any atom is -0.377 e. The minimum atomic E-state index is -0.905. The second-order valence-corrected chi connectivity index (χ2v) is 5.37. The van der Waals surface area contributed by atoms with Gasteiger partial charge >= 0.3 is 0 Å². The Labute approximate surface area is 116 Å². The zero-order chi connectivity index (χ0) is 13.6. The van der Waals surface area contributed by atoms with Gasteiger partial charge in [-0.2, -0.15) is 0 Å². The Morgan fingerprint density at radius 2 is 1.89 bits per heavy atom. The molecule has 0 amide bonds. The molecule has 1 saturated carbocycles. The minimum absolute atomic E-state index is 0.287. The first kappa shape index (κ1) is 13.9. The smallest absolute Gasteiger partial charge is 0.132 e. The quantitative estimate of drug-likeness (QED) is 0.640. The third-order valence-electron chi connectivity index (χ3n) is 3.93. The van der Waals surface area contributed by atoms with E-state index in [4.69, 9.17) is 0 Å². The predicted octanol–water partition coefficient (Wildman–Crippen LogP) is 3.93. The highest BCUT2D eigenvalue weighted by Gasteiger charge is 2.34. The molecular formula is C18H22O. The van der Waals surface area contributed by atoms with E-state index in [0.717, 1.165) is 18.4 Å². The maximum absolute atomic E-state index is 10.9. The number of hydrogen-bond acceptors (Lipinski definition) is 1.